The van der Waals surface area contributed by atoms with Crippen molar-refractivity contribution in [1.29, 1.82) is 0 Å². The molecule has 7 heavy (non-hydrogen) atoms. The third-order valence-corrected chi connectivity index (χ3v) is 0.388. The van der Waals surface area contributed by atoms with E-state index in [1.165, 1.54) is 0 Å². The third-order valence-electron chi connectivity index (χ3n) is 0.304. The third kappa shape index (κ3) is 5.72. The second-order valence-electron chi connectivity index (χ2n) is 0.925. The van der Waals surface area contributed by atoms with Gasteiger partial charge < -0.3 is 5.11 Å². The summed E-state index contributed by atoms with van der Waals surface area (Å²) in [7, 11) is 0. The molecule has 0 amide bonds. The van der Waals surface area contributed by atoms with Gasteiger partial charge in [-0.15, -0.1) is 0 Å². The molecule has 0 unspecified atom stereocenters. The molecule has 0 aromatic heterocycles. The maximum absolute atomic E-state index is 8.04. The molecule has 0 aromatic carbocycles. The average molecular weight is 123 g/mol. The monoisotopic (exact) mass is 122 g/mol. The molecular formula is C3H7ClN2O. The Labute approximate surface area is 47.0 Å². The Morgan fingerprint density at radius 1 is 2.00 bits per heavy atom. The maximum Gasteiger partial charge on any atom is 0.128 e. The number of hydrazone groups is 1. The summed E-state index contributed by atoms with van der Waals surface area (Å²) in [4.78, 5) is 0. The molecule has 0 spiro atoms. The summed E-state index contributed by atoms with van der Waals surface area (Å²) >= 11 is 5.23. The van der Waals surface area contributed by atoms with Crippen LogP contribution in [-0.2, 0) is 0 Å². The van der Waals surface area contributed by atoms with Gasteiger partial charge in [0.15, 0.2) is 0 Å². The van der Waals surface area contributed by atoms with Crippen molar-refractivity contribution in [3.8, 4) is 0 Å². The first-order chi connectivity index (χ1) is 3.27. The van der Waals surface area contributed by atoms with Gasteiger partial charge in [-0.25, -0.2) is 0 Å². The van der Waals surface area contributed by atoms with Gasteiger partial charge in [0.2, 0.25) is 0 Å². The lowest BCUT2D eigenvalue weighted by Crippen LogP contribution is -2.06. The molecular weight excluding hydrogens is 115 g/mol. The molecule has 0 fully saturated rings. The van der Waals surface area contributed by atoms with Gasteiger partial charge in [0, 0.05) is 0 Å². The van der Waals surface area contributed by atoms with Crippen LogP contribution in [-0.4, -0.2) is 17.0 Å². The average Bonchev–Trinajstić information content (AvgIpc) is 1.61. The molecule has 2 N–H and O–H groups in total. The van der Waals surface area contributed by atoms with Crippen molar-refractivity contribution in [2.75, 3.05) is 6.73 Å². The quantitative estimate of drug-likeness (QED) is 0.310. The highest BCUT2D eigenvalue weighted by molar-refractivity contribution is 6.64. The maximum atomic E-state index is 8.04. The van der Waals surface area contributed by atoms with Gasteiger partial charge in [-0.2, -0.15) is 5.10 Å². The Hall–Kier alpha value is -0.280. The van der Waals surface area contributed by atoms with Gasteiger partial charge in [0.05, 0.1) is 0 Å². The number of hydrogen-bond acceptors (Lipinski definition) is 3. The lowest BCUT2D eigenvalue weighted by molar-refractivity contribution is 0.264. The van der Waals surface area contributed by atoms with Crippen LogP contribution < -0.4 is 5.43 Å². The van der Waals surface area contributed by atoms with Crippen LogP contribution in [0.5, 0.6) is 0 Å². The van der Waals surface area contributed by atoms with Crippen molar-refractivity contribution in [1.82, 2.24) is 5.43 Å². The number of rotatable bonds is 2. The molecule has 3 nitrogen and oxygen atoms in total. The molecule has 0 bridgehead atoms. The van der Waals surface area contributed by atoms with Crippen molar-refractivity contribution in [2.24, 2.45) is 5.10 Å². The standard InChI is InChI=1S/C3H7ClN2O/c1-3(4)6-5-2-7/h5,7H,2H2,1H3/b6-3-. The highest BCUT2D eigenvalue weighted by Gasteiger charge is 1.74. The fourth-order valence-electron chi connectivity index (χ4n) is 0.144. The van der Waals surface area contributed by atoms with Gasteiger partial charge in [-0.3, -0.25) is 5.43 Å². The Morgan fingerprint density at radius 3 is 2.71 bits per heavy atom. The molecule has 42 valence electrons. The largest absolute Gasteiger partial charge is 0.375 e. The molecule has 0 radical (unpaired) electrons. The number of hydrogen-bond donors (Lipinski definition) is 2. The lowest BCUT2D eigenvalue weighted by atomic mass is 10.9. The zero-order valence-corrected chi connectivity index (χ0v) is 4.74. The summed E-state index contributed by atoms with van der Waals surface area (Å²) in [5, 5.41) is 11.8. The molecule has 0 heterocycles. The van der Waals surface area contributed by atoms with Gasteiger partial charge >= 0.3 is 0 Å². The summed E-state index contributed by atoms with van der Waals surface area (Å²) < 4.78 is 0. The second kappa shape index (κ2) is 3.89. The van der Waals surface area contributed by atoms with E-state index in [9.17, 15) is 0 Å². The van der Waals surface area contributed by atoms with Crippen molar-refractivity contribution in [3.63, 3.8) is 0 Å². The zero-order valence-electron chi connectivity index (χ0n) is 3.98. The van der Waals surface area contributed by atoms with E-state index in [1.54, 1.807) is 6.92 Å². The number of aliphatic hydroxyl groups is 1. The van der Waals surface area contributed by atoms with E-state index in [0.29, 0.717) is 5.17 Å². The molecule has 0 aliphatic rings. The molecule has 0 aliphatic carbocycles. The Balaban J connectivity index is 3.08. The Kier molecular flexibility index (Phi) is 3.74. The lowest BCUT2D eigenvalue weighted by Gasteiger charge is -1.88. The van der Waals surface area contributed by atoms with E-state index >= 15 is 0 Å². The molecule has 0 aliphatic heterocycles. The van der Waals surface area contributed by atoms with Crippen molar-refractivity contribution in [3.05, 3.63) is 0 Å². The van der Waals surface area contributed by atoms with E-state index in [4.69, 9.17) is 16.7 Å². The SMILES string of the molecule is C/C(Cl)=N/NCO. The first-order valence-corrected chi connectivity index (χ1v) is 2.18. The minimum Gasteiger partial charge on any atom is -0.375 e. The van der Waals surface area contributed by atoms with Crippen LogP contribution in [0, 0.1) is 0 Å². The van der Waals surface area contributed by atoms with E-state index in [-0.39, 0.29) is 6.73 Å². The fourth-order valence-corrected chi connectivity index (χ4v) is 0.204. The van der Waals surface area contributed by atoms with Gasteiger partial charge in [-0.05, 0) is 6.92 Å². The zero-order chi connectivity index (χ0) is 5.70. The molecule has 4 heteroatoms. The second-order valence-corrected chi connectivity index (χ2v) is 1.47. The fraction of sp³-hybridized carbons (Fsp3) is 0.667. The number of nitrogens with one attached hydrogen (secondary N) is 1. The number of halogens is 1. The van der Waals surface area contributed by atoms with E-state index in [0.717, 1.165) is 0 Å². The smallest absolute Gasteiger partial charge is 0.128 e. The van der Waals surface area contributed by atoms with Crippen LogP contribution in [0.4, 0.5) is 0 Å². The van der Waals surface area contributed by atoms with Gasteiger partial charge in [0.1, 0.15) is 11.9 Å². The Morgan fingerprint density at radius 2 is 2.57 bits per heavy atom. The topological polar surface area (TPSA) is 44.6 Å². The summed E-state index contributed by atoms with van der Waals surface area (Å²) in [5.74, 6) is 0. The molecule has 0 rings (SSSR count). The molecule has 0 saturated heterocycles. The highest BCUT2D eigenvalue weighted by Crippen LogP contribution is 1.76. The first-order valence-electron chi connectivity index (χ1n) is 1.81. The summed E-state index contributed by atoms with van der Waals surface area (Å²) in [5.41, 5.74) is 2.26. The number of aliphatic hydroxyl groups excluding tert-OH is 1. The van der Waals surface area contributed by atoms with E-state index in [2.05, 4.69) is 10.5 Å². The minimum absolute atomic E-state index is 0.177. The molecule has 0 atom stereocenters. The van der Waals surface area contributed by atoms with Crippen LogP contribution in [0.2, 0.25) is 0 Å². The minimum atomic E-state index is -0.177. The molecule has 0 saturated carbocycles. The Bertz CT molecular complexity index is 69.3. The van der Waals surface area contributed by atoms with Crippen molar-refractivity contribution >= 4 is 16.8 Å². The highest BCUT2D eigenvalue weighted by atomic mass is 35.5. The first kappa shape index (κ1) is 6.72. The van der Waals surface area contributed by atoms with Crippen LogP contribution in [0.1, 0.15) is 6.92 Å². The summed E-state index contributed by atoms with van der Waals surface area (Å²) in [6, 6.07) is 0. The summed E-state index contributed by atoms with van der Waals surface area (Å²) in [6.07, 6.45) is 0. The predicted molar refractivity (Wildman–Crippen MR) is 29.2 cm³/mol. The van der Waals surface area contributed by atoms with E-state index < -0.39 is 0 Å². The van der Waals surface area contributed by atoms with Gasteiger partial charge in [-0.1, -0.05) is 11.6 Å². The van der Waals surface area contributed by atoms with Crippen LogP contribution in [0.3, 0.4) is 0 Å². The van der Waals surface area contributed by atoms with E-state index in [1.807, 2.05) is 0 Å². The summed E-state index contributed by atoms with van der Waals surface area (Å²) in [6.45, 7) is 1.44. The normalized spacial score (nSPS) is 11.6. The predicted octanol–water partition coefficient (Wildman–Crippen LogP) is 0.0980. The van der Waals surface area contributed by atoms with Crippen LogP contribution >= 0.6 is 11.6 Å². The van der Waals surface area contributed by atoms with Crippen LogP contribution in [0.15, 0.2) is 5.10 Å². The number of nitrogens with zero attached hydrogens (tertiary/aromatic N) is 1. The van der Waals surface area contributed by atoms with Crippen LogP contribution in [0.25, 0.3) is 0 Å². The van der Waals surface area contributed by atoms with Gasteiger partial charge in [0.25, 0.3) is 0 Å². The van der Waals surface area contributed by atoms with Crippen molar-refractivity contribution in [2.45, 2.75) is 6.92 Å². The van der Waals surface area contributed by atoms with Crippen molar-refractivity contribution < 1.29 is 5.11 Å². The molecule has 0 aromatic rings.